The summed E-state index contributed by atoms with van der Waals surface area (Å²) in [6, 6.07) is 16.9. The van der Waals surface area contributed by atoms with Gasteiger partial charge < -0.3 is 9.73 Å². The zero-order valence-electron chi connectivity index (χ0n) is 16.2. The molecule has 1 fully saturated rings. The van der Waals surface area contributed by atoms with Crippen LogP contribution in [0.25, 0.3) is 11.3 Å². The Morgan fingerprint density at radius 1 is 1.17 bits per heavy atom. The van der Waals surface area contributed by atoms with Crippen LogP contribution in [-0.4, -0.2) is 34.9 Å². The number of carbonyl (C=O) groups is 1. The number of rotatable bonds is 7. The molecule has 0 aliphatic carbocycles. The summed E-state index contributed by atoms with van der Waals surface area (Å²) in [4.78, 5) is 18.8. The molecule has 5 nitrogen and oxygen atoms in total. The topological polar surface area (TPSA) is 58.4 Å². The summed E-state index contributed by atoms with van der Waals surface area (Å²) < 4.78 is 19.5. The number of nitrogens with zero attached hydrogens (tertiary/aromatic N) is 2. The van der Waals surface area contributed by atoms with Crippen molar-refractivity contribution in [1.29, 1.82) is 0 Å². The van der Waals surface area contributed by atoms with E-state index in [-0.39, 0.29) is 17.8 Å². The first-order chi connectivity index (χ1) is 14.2. The first kappa shape index (κ1) is 19.3. The molecule has 2 aromatic carbocycles. The number of hydrogen-bond acceptors (Lipinski definition) is 4. The zero-order valence-corrected chi connectivity index (χ0v) is 16.2. The fraction of sp³-hybridized carbons (Fsp3) is 0.304. The molecule has 1 unspecified atom stereocenters. The standard InChI is InChI=1S/C23H24FN3O2/c24-20-9-5-4-8-19(20)21-14-25-23(29-21)11-10-22(28)26-18-12-13-27(16-18)15-17-6-2-1-3-7-17/h1-9,14,18H,10-13,15-16H2,(H,26,28). The number of benzene rings is 2. The Morgan fingerprint density at radius 3 is 2.79 bits per heavy atom. The Morgan fingerprint density at radius 2 is 1.97 bits per heavy atom. The van der Waals surface area contributed by atoms with E-state index in [1.807, 2.05) is 18.2 Å². The highest BCUT2D eigenvalue weighted by Crippen LogP contribution is 2.23. The van der Waals surface area contributed by atoms with Gasteiger partial charge in [0.1, 0.15) is 5.82 Å². The molecule has 1 aliphatic heterocycles. The maximum atomic E-state index is 13.8. The van der Waals surface area contributed by atoms with Gasteiger partial charge in [-0.25, -0.2) is 9.37 Å². The maximum absolute atomic E-state index is 13.8. The van der Waals surface area contributed by atoms with Crippen LogP contribution in [0.3, 0.4) is 0 Å². The van der Waals surface area contributed by atoms with Gasteiger partial charge in [0.15, 0.2) is 11.7 Å². The molecule has 1 saturated heterocycles. The van der Waals surface area contributed by atoms with Crippen LogP contribution in [0.15, 0.2) is 65.2 Å². The van der Waals surface area contributed by atoms with E-state index in [1.54, 1.807) is 18.2 Å². The summed E-state index contributed by atoms with van der Waals surface area (Å²) >= 11 is 0. The van der Waals surface area contributed by atoms with Crippen LogP contribution < -0.4 is 5.32 Å². The van der Waals surface area contributed by atoms with Gasteiger partial charge >= 0.3 is 0 Å². The van der Waals surface area contributed by atoms with Gasteiger partial charge in [0.2, 0.25) is 5.91 Å². The average molecular weight is 393 g/mol. The number of hydrogen-bond donors (Lipinski definition) is 1. The summed E-state index contributed by atoms with van der Waals surface area (Å²) in [5.74, 6) is 0.456. The minimum Gasteiger partial charge on any atom is -0.441 e. The van der Waals surface area contributed by atoms with E-state index < -0.39 is 0 Å². The molecule has 1 aromatic heterocycles. The van der Waals surface area contributed by atoms with Crippen molar-refractivity contribution in [2.24, 2.45) is 0 Å². The molecule has 2 heterocycles. The number of amides is 1. The van der Waals surface area contributed by atoms with E-state index in [0.717, 1.165) is 26.1 Å². The average Bonchev–Trinajstić information content (AvgIpc) is 3.37. The van der Waals surface area contributed by atoms with Gasteiger partial charge in [0.05, 0.1) is 11.8 Å². The normalized spacial score (nSPS) is 16.8. The Labute approximate surface area is 169 Å². The van der Waals surface area contributed by atoms with E-state index in [2.05, 4.69) is 27.3 Å². The molecule has 1 N–H and O–H groups in total. The van der Waals surface area contributed by atoms with Crippen molar-refractivity contribution < 1.29 is 13.6 Å². The van der Waals surface area contributed by atoms with Gasteiger partial charge in [-0.1, -0.05) is 42.5 Å². The van der Waals surface area contributed by atoms with Crippen molar-refractivity contribution in [2.45, 2.75) is 31.8 Å². The number of likely N-dealkylation sites (tertiary alicyclic amines) is 1. The Hall–Kier alpha value is -2.99. The summed E-state index contributed by atoms with van der Waals surface area (Å²) in [5, 5.41) is 3.10. The third-order valence-electron chi connectivity index (χ3n) is 5.15. The van der Waals surface area contributed by atoms with Crippen LogP contribution in [0.2, 0.25) is 0 Å². The molecule has 150 valence electrons. The number of oxazole rings is 1. The predicted molar refractivity (Wildman–Crippen MR) is 108 cm³/mol. The highest BCUT2D eigenvalue weighted by Gasteiger charge is 2.23. The quantitative estimate of drug-likeness (QED) is 0.663. The summed E-state index contributed by atoms with van der Waals surface area (Å²) in [6.07, 6.45) is 3.15. The Balaban J connectivity index is 1.23. The smallest absolute Gasteiger partial charge is 0.220 e. The number of aryl methyl sites for hydroxylation is 1. The highest BCUT2D eigenvalue weighted by molar-refractivity contribution is 5.76. The first-order valence-electron chi connectivity index (χ1n) is 9.92. The molecular weight excluding hydrogens is 369 g/mol. The SMILES string of the molecule is O=C(CCc1ncc(-c2ccccc2F)o1)NC1CCN(Cc2ccccc2)C1. The highest BCUT2D eigenvalue weighted by atomic mass is 19.1. The van der Waals surface area contributed by atoms with Gasteiger partial charge in [0, 0.05) is 38.5 Å². The zero-order chi connectivity index (χ0) is 20.1. The lowest BCUT2D eigenvalue weighted by molar-refractivity contribution is -0.121. The largest absolute Gasteiger partial charge is 0.441 e. The predicted octanol–water partition coefficient (Wildman–Crippen LogP) is 3.80. The van der Waals surface area contributed by atoms with E-state index in [9.17, 15) is 9.18 Å². The van der Waals surface area contributed by atoms with Crippen LogP contribution in [0.1, 0.15) is 24.3 Å². The molecule has 4 rings (SSSR count). The third kappa shape index (κ3) is 5.09. The van der Waals surface area contributed by atoms with E-state index in [1.165, 1.54) is 17.8 Å². The first-order valence-corrected chi connectivity index (χ1v) is 9.92. The molecule has 3 aromatic rings. The molecule has 1 aliphatic rings. The lowest BCUT2D eigenvalue weighted by Crippen LogP contribution is -2.37. The fourth-order valence-corrected chi connectivity index (χ4v) is 3.67. The van der Waals surface area contributed by atoms with Gasteiger partial charge in [-0.15, -0.1) is 0 Å². The summed E-state index contributed by atoms with van der Waals surface area (Å²) in [5.41, 5.74) is 1.66. The molecular formula is C23H24FN3O2. The van der Waals surface area contributed by atoms with Crippen LogP contribution in [-0.2, 0) is 17.8 Å². The number of aromatic nitrogens is 1. The minimum absolute atomic E-state index is 0.0118. The lowest BCUT2D eigenvalue weighted by atomic mass is 10.2. The van der Waals surface area contributed by atoms with Crippen molar-refractivity contribution in [3.8, 4) is 11.3 Å². The molecule has 1 amide bonds. The number of carbonyl (C=O) groups excluding carboxylic acids is 1. The third-order valence-corrected chi connectivity index (χ3v) is 5.15. The Kier molecular flexibility index (Phi) is 6.00. The molecule has 0 saturated carbocycles. The second-order valence-electron chi connectivity index (χ2n) is 7.37. The van der Waals surface area contributed by atoms with Crippen molar-refractivity contribution >= 4 is 5.91 Å². The molecule has 0 spiro atoms. The van der Waals surface area contributed by atoms with Crippen LogP contribution >= 0.6 is 0 Å². The summed E-state index contributed by atoms with van der Waals surface area (Å²) in [7, 11) is 0. The molecule has 29 heavy (non-hydrogen) atoms. The van der Waals surface area contributed by atoms with Crippen molar-refractivity contribution in [3.05, 3.63) is 78.1 Å². The molecule has 6 heteroatoms. The van der Waals surface area contributed by atoms with Crippen LogP contribution in [0.4, 0.5) is 4.39 Å². The van der Waals surface area contributed by atoms with Gasteiger partial charge in [0.25, 0.3) is 0 Å². The maximum Gasteiger partial charge on any atom is 0.220 e. The monoisotopic (exact) mass is 393 g/mol. The number of nitrogens with one attached hydrogen (secondary N) is 1. The fourth-order valence-electron chi connectivity index (χ4n) is 3.67. The van der Waals surface area contributed by atoms with Crippen molar-refractivity contribution in [2.75, 3.05) is 13.1 Å². The van der Waals surface area contributed by atoms with Crippen molar-refractivity contribution in [3.63, 3.8) is 0 Å². The summed E-state index contributed by atoms with van der Waals surface area (Å²) in [6.45, 7) is 2.74. The molecule has 0 bridgehead atoms. The second kappa shape index (κ2) is 9.01. The van der Waals surface area contributed by atoms with Crippen LogP contribution in [0, 0.1) is 5.82 Å². The Bertz CT molecular complexity index is 958. The molecule has 0 radical (unpaired) electrons. The van der Waals surface area contributed by atoms with E-state index in [4.69, 9.17) is 4.42 Å². The lowest BCUT2D eigenvalue weighted by Gasteiger charge is -2.16. The molecule has 1 atom stereocenters. The van der Waals surface area contributed by atoms with E-state index >= 15 is 0 Å². The second-order valence-corrected chi connectivity index (χ2v) is 7.37. The van der Waals surface area contributed by atoms with Crippen molar-refractivity contribution in [1.82, 2.24) is 15.2 Å². The minimum atomic E-state index is -0.353. The van der Waals surface area contributed by atoms with E-state index in [0.29, 0.717) is 30.1 Å². The number of halogens is 1. The van der Waals surface area contributed by atoms with Gasteiger partial charge in [-0.2, -0.15) is 0 Å². The van der Waals surface area contributed by atoms with Crippen LogP contribution in [0.5, 0.6) is 0 Å². The van der Waals surface area contributed by atoms with Gasteiger partial charge in [-0.3, -0.25) is 9.69 Å². The van der Waals surface area contributed by atoms with Gasteiger partial charge in [-0.05, 0) is 24.1 Å².